The molecule has 4 unspecified atom stereocenters. The average Bonchev–Trinajstić information content (AvgIpc) is 2.22. The van der Waals surface area contributed by atoms with E-state index >= 15 is 0 Å². The van der Waals surface area contributed by atoms with Crippen LogP contribution < -0.4 is 5.32 Å². The normalized spacial score (nSPS) is 31.5. The van der Waals surface area contributed by atoms with Gasteiger partial charge in [-0.2, -0.15) is 0 Å². The van der Waals surface area contributed by atoms with E-state index in [9.17, 15) is 4.21 Å². The van der Waals surface area contributed by atoms with E-state index in [0.29, 0.717) is 17.9 Å². The van der Waals surface area contributed by atoms with Gasteiger partial charge in [0.25, 0.3) is 0 Å². The highest BCUT2D eigenvalue weighted by molar-refractivity contribution is 7.84. The van der Waals surface area contributed by atoms with Crippen molar-refractivity contribution in [1.29, 1.82) is 0 Å². The first-order chi connectivity index (χ1) is 7.99. The summed E-state index contributed by atoms with van der Waals surface area (Å²) in [7, 11) is -0.655. The third kappa shape index (κ3) is 5.98. The van der Waals surface area contributed by atoms with E-state index in [1.807, 2.05) is 0 Å². The highest BCUT2D eigenvalue weighted by atomic mass is 32.2. The van der Waals surface area contributed by atoms with Crippen molar-refractivity contribution < 1.29 is 4.21 Å². The van der Waals surface area contributed by atoms with Crippen LogP contribution in [0.3, 0.4) is 0 Å². The average molecular weight is 260 g/mol. The largest absolute Gasteiger partial charge is 0.316 e. The summed E-state index contributed by atoms with van der Waals surface area (Å²) in [6, 6.07) is 0.557. The lowest BCUT2D eigenvalue weighted by Gasteiger charge is -2.36. The van der Waals surface area contributed by atoms with Crippen LogP contribution in [0.2, 0.25) is 0 Å². The van der Waals surface area contributed by atoms with Crippen LogP contribution in [0.5, 0.6) is 0 Å². The standard InChI is InChI=1S/C13H28N2OS/c1-11-7-14-8-12(2)10-15(9-11)13(3)5-6-17(4)16/h11-14H,5-10H2,1-4H3. The van der Waals surface area contributed by atoms with Gasteiger partial charge in [-0.25, -0.2) is 0 Å². The Morgan fingerprint density at radius 2 is 1.82 bits per heavy atom. The van der Waals surface area contributed by atoms with Crippen molar-refractivity contribution in [3.05, 3.63) is 0 Å². The molecule has 0 aliphatic carbocycles. The molecular weight excluding hydrogens is 232 g/mol. The van der Waals surface area contributed by atoms with Crippen LogP contribution in [-0.4, -0.2) is 53.3 Å². The summed E-state index contributed by atoms with van der Waals surface area (Å²) in [5, 5.41) is 3.52. The molecule has 0 aromatic carbocycles. The summed E-state index contributed by atoms with van der Waals surface area (Å²) in [5.41, 5.74) is 0. The fraction of sp³-hybridized carbons (Fsp3) is 1.00. The molecule has 1 heterocycles. The predicted octanol–water partition coefficient (Wildman–Crippen LogP) is 1.32. The number of hydrogen-bond donors (Lipinski definition) is 1. The molecule has 3 nitrogen and oxygen atoms in total. The Balaban J connectivity index is 2.48. The fourth-order valence-corrected chi connectivity index (χ4v) is 3.13. The van der Waals surface area contributed by atoms with Crippen molar-refractivity contribution in [3.63, 3.8) is 0 Å². The second-order valence-electron chi connectivity index (χ2n) is 5.74. The molecule has 0 bridgehead atoms. The smallest absolute Gasteiger partial charge is 0.0246 e. The van der Waals surface area contributed by atoms with Gasteiger partial charge in [0.1, 0.15) is 0 Å². The number of rotatable bonds is 4. The summed E-state index contributed by atoms with van der Waals surface area (Å²) in [5.74, 6) is 2.24. The zero-order valence-electron chi connectivity index (χ0n) is 11.7. The zero-order valence-corrected chi connectivity index (χ0v) is 12.6. The van der Waals surface area contributed by atoms with Gasteiger partial charge in [-0.05, 0) is 38.3 Å². The van der Waals surface area contributed by atoms with E-state index in [2.05, 4.69) is 31.0 Å². The van der Waals surface area contributed by atoms with E-state index in [4.69, 9.17) is 0 Å². The van der Waals surface area contributed by atoms with Gasteiger partial charge in [0, 0.05) is 41.9 Å². The van der Waals surface area contributed by atoms with Crippen LogP contribution in [0.1, 0.15) is 27.2 Å². The van der Waals surface area contributed by atoms with Crippen LogP contribution >= 0.6 is 0 Å². The predicted molar refractivity (Wildman–Crippen MR) is 75.8 cm³/mol. The van der Waals surface area contributed by atoms with Gasteiger partial charge in [-0.1, -0.05) is 13.8 Å². The lowest BCUT2D eigenvalue weighted by atomic mass is 10.0. The Morgan fingerprint density at radius 1 is 1.29 bits per heavy atom. The molecule has 4 atom stereocenters. The van der Waals surface area contributed by atoms with Crippen LogP contribution in [0.25, 0.3) is 0 Å². The Morgan fingerprint density at radius 3 is 2.29 bits per heavy atom. The summed E-state index contributed by atoms with van der Waals surface area (Å²) >= 11 is 0. The molecule has 0 spiro atoms. The maximum absolute atomic E-state index is 11.2. The summed E-state index contributed by atoms with van der Waals surface area (Å²) in [4.78, 5) is 2.59. The van der Waals surface area contributed by atoms with Crippen molar-refractivity contribution >= 4 is 10.8 Å². The summed E-state index contributed by atoms with van der Waals surface area (Å²) in [6.45, 7) is 11.5. The van der Waals surface area contributed by atoms with Gasteiger partial charge in [0.2, 0.25) is 0 Å². The molecule has 4 heteroatoms. The van der Waals surface area contributed by atoms with Crippen LogP contribution in [-0.2, 0) is 10.8 Å². The van der Waals surface area contributed by atoms with E-state index in [0.717, 1.165) is 38.4 Å². The molecule has 102 valence electrons. The molecule has 1 saturated heterocycles. The van der Waals surface area contributed by atoms with Crippen molar-refractivity contribution in [2.45, 2.75) is 33.2 Å². The van der Waals surface area contributed by atoms with Gasteiger partial charge in [0.15, 0.2) is 0 Å². The topological polar surface area (TPSA) is 32.3 Å². The minimum atomic E-state index is -0.655. The van der Waals surface area contributed by atoms with Crippen LogP contribution in [0.4, 0.5) is 0 Å². The molecule has 0 aromatic heterocycles. The van der Waals surface area contributed by atoms with Gasteiger partial charge >= 0.3 is 0 Å². The van der Waals surface area contributed by atoms with Crippen molar-refractivity contribution in [3.8, 4) is 0 Å². The summed E-state index contributed by atoms with van der Waals surface area (Å²) in [6.07, 6.45) is 2.85. The molecule has 1 fully saturated rings. The molecule has 0 radical (unpaired) electrons. The van der Waals surface area contributed by atoms with Gasteiger partial charge in [-0.3, -0.25) is 4.21 Å². The van der Waals surface area contributed by atoms with Crippen molar-refractivity contribution in [2.24, 2.45) is 11.8 Å². The lowest BCUT2D eigenvalue weighted by molar-refractivity contribution is 0.139. The molecule has 0 amide bonds. The quantitative estimate of drug-likeness (QED) is 0.827. The first kappa shape index (κ1) is 15.1. The SMILES string of the molecule is CC1CNCC(C)CN(C(C)CCS(C)=O)C1. The number of hydrogen-bond acceptors (Lipinski definition) is 3. The van der Waals surface area contributed by atoms with Crippen LogP contribution in [0.15, 0.2) is 0 Å². The Labute approximate surface area is 109 Å². The van der Waals surface area contributed by atoms with Crippen molar-refractivity contribution in [1.82, 2.24) is 10.2 Å². The number of nitrogens with zero attached hydrogens (tertiary/aromatic N) is 1. The second kappa shape index (κ2) is 7.49. The summed E-state index contributed by atoms with van der Waals surface area (Å²) < 4.78 is 11.2. The fourth-order valence-electron chi connectivity index (χ4n) is 2.46. The lowest BCUT2D eigenvalue weighted by Crippen LogP contribution is -2.46. The van der Waals surface area contributed by atoms with Crippen LogP contribution in [0, 0.1) is 11.8 Å². The maximum atomic E-state index is 11.2. The molecule has 1 aliphatic heterocycles. The molecule has 17 heavy (non-hydrogen) atoms. The zero-order chi connectivity index (χ0) is 12.8. The first-order valence-electron chi connectivity index (χ1n) is 6.73. The van der Waals surface area contributed by atoms with Gasteiger partial charge in [0.05, 0.1) is 0 Å². The Kier molecular flexibility index (Phi) is 6.67. The Bertz CT molecular complexity index is 236. The molecule has 1 rings (SSSR count). The molecule has 1 N–H and O–H groups in total. The molecule has 0 saturated carbocycles. The van der Waals surface area contributed by atoms with E-state index in [-0.39, 0.29) is 0 Å². The third-order valence-corrected chi connectivity index (χ3v) is 4.34. The van der Waals surface area contributed by atoms with E-state index in [1.54, 1.807) is 6.26 Å². The van der Waals surface area contributed by atoms with E-state index in [1.165, 1.54) is 0 Å². The number of nitrogens with one attached hydrogen (secondary N) is 1. The van der Waals surface area contributed by atoms with E-state index < -0.39 is 10.8 Å². The monoisotopic (exact) mass is 260 g/mol. The van der Waals surface area contributed by atoms with Crippen molar-refractivity contribution in [2.75, 3.05) is 38.2 Å². The Hall–Kier alpha value is 0.0700. The minimum absolute atomic E-state index is 0.557. The third-order valence-electron chi connectivity index (χ3n) is 3.52. The first-order valence-corrected chi connectivity index (χ1v) is 8.46. The van der Waals surface area contributed by atoms with Gasteiger partial charge < -0.3 is 10.2 Å². The molecule has 0 aromatic rings. The highest BCUT2D eigenvalue weighted by Crippen LogP contribution is 2.13. The minimum Gasteiger partial charge on any atom is -0.316 e. The molecule has 1 aliphatic rings. The molecular formula is C13H28N2OS. The maximum Gasteiger partial charge on any atom is 0.0246 e. The second-order valence-corrected chi connectivity index (χ2v) is 7.29. The highest BCUT2D eigenvalue weighted by Gasteiger charge is 2.21. The van der Waals surface area contributed by atoms with Gasteiger partial charge in [-0.15, -0.1) is 0 Å².